The molecule has 0 amide bonds. The van der Waals surface area contributed by atoms with Gasteiger partial charge in [0.05, 0.1) is 11.2 Å². The van der Waals surface area contributed by atoms with E-state index in [-0.39, 0.29) is 0 Å². The van der Waals surface area contributed by atoms with Gasteiger partial charge in [0.15, 0.2) is 0 Å². The summed E-state index contributed by atoms with van der Waals surface area (Å²) >= 11 is 0. The van der Waals surface area contributed by atoms with Gasteiger partial charge in [-0.05, 0) is 63.0 Å². The highest BCUT2D eigenvalue weighted by atomic mass is 15.1. The monoisotopic (exact) mass is 373 g/mol. The van der Waals surface area contributed by atoms with Crippen LogP contribution in [0.2, 0.25) is 0 Å². The van der Waals surface area contributed by atoms with Gasteiger partial charge in [-0.25, -0.2) is 0 Å². The first-order valence-corrected chi connectivity index (χ1v) is 10.6. The largest absolute Gasteiger partial charge is 0.306 e. The number of nitrogens with zero attached hydrogens (tertiary/aromatic N) is 3. The van der Waals surface area contributed by atoms with Crippen LogP contribution in [0.1, 0.15) is 24.1 Å². The molecule has 0 saturated carbocycles. The number of piperidine rings is 1. The summed E-state index contributed by atoms with van der Waals surface area (Å²) in [6.07, 6.45) is 3.72. The molecule has 1 aliphatic rings. The molecule has 0 atom stereocenters. The molecule has 4 rings (SSSR count). The van der Waals surface area contributed by atoms with Crippen LogP contribution in [0.3, 0.4) is 0 Å². The average molecular weight is 374 g/mol. The van der Waals surface area contributed by atoms with Gasteiger partial charge in [0.2, 0.25) is 0 Å². The lowest BCUT2D eigenvalue weighted by Crippen LogP contribution is -2.37. The van der Waals surface area contributed by atoms with E-state index in [0.29, 0.717) is 0 Å². The Balaban J connectivity index is 1.45. The molecule has 3 nitrogen and oxygen atoms in total. The summed E-state index contributed by atoms with van der Waals surface area (Å²) in [6.45, 7) is 5.65. The summed E-state index contributed by atoms with van der Waals surface area (Å²) in [5.41, 5.74) is 3.70. The zero-order chi connectivity index (χ0) is 19.2. The number of para-hydroxylation sites is 1. The normalized spacial score (nSPS) is 16.1. The fraction of sp³-hybridized carbons (Fsp3) is 0.400. The van der Waals surface area contributed by atoms with Crippen LogP contribution >= 0.6 is 0 Å². The number of hydrogen-bond donors (Lipinski definition) is 0. The highest BCUT2D eigenvalue weighted by Crippen LogP contribution is 2.20. The minimum atomic E-state index is 0.799. The predicted molar refractivity (Wildman–Crippen MR) is 117 cm³/mol. The first-order chi connectivity index (χ1) is 13.8. The van der Waals surface area contributed by atoms with Crippen molar-refractivity contribution in [3.8, 4) is 0 Å². The molecule has 0 bridgehead atoms. The van der Waals surface area contributed by atoms with Crippen molar-refractivity contribution in [1.29, 1.82) is 0 Å². The second-order valence-corrected chi connectivity index (χ2v) is 8.21. The maximum atomic E-state index is 4.93. The Labute approximate surface area is 169 Å². The maximum absolute atomic E-state index is 4.93. The minimum absolute atomic E-state index is 0.799. The first kappa shape index (κ1) is 19.1. The van der Waals surface area contributed by atoms with Crippen LogP contribution < -0.4 is 0 Å². The van der Waals surface area contributed by atoms with Gasteiger partial charge in [-0.1, -0.05) is 54.6 Å². The first-order valence-electron chi connectivity index (χ1n) is 10.6. The van der Waals surface area contributed by atoms with Crippen LogP contribution in [0.15, 0.2) is 66.7 Å². The zero-order valence-electron chi connectivity index (χ0n) is 16.9. The number of aromatic nitrogens is 1. The van der Waals surface area contributed by atoms with Crippen molar-refractivity contribution >= 4 is 10.9 Å². The Morgan fingerprint density at radius 1 is 0.929 bits per heavy atom. The molecule has 1 saturated heterocycles. The van der Waals surface area contributed by atoms with Gasteiger partial charge >= 0.3 is 0 Å². The van der Waals surface area contributed by atoms with Crippen LogP contribution in [0.25, 0.3) is 10.9 Å². The summed E-state index contributed by atoms with van der Waals surface area (Å²) in [6, 6.07) is 23.7. The van der Waals surface area contributed by atoms with Crippen LogP contribution in [-0.2, 0) is 13.0 Å². The summed E-state index contributed by atoms with van der Waals surface area (Å²) in [5.74, 6) is 0.799. The summed E-state index contributed by atoms with van der Waals surface area (Å²) in [4.78, 5) is 10.0. The molecule has 28 heavy (non-hydrogen) atoms. The topological polar surface area (TPSA) is 19.4 Å². The van der Waals surface area contributed by atoms with Gasteiger partial charge in [0.1, 0.15) is 0 Å². The van der Waals surface area contributed by atoms with Crippen LogP contribution in [0.4, 0.5) is 0 Å². The highest BCUT2D eigenvalue weighted by molar-refractivity contribution is 5.78. The molecular weight excluding hydrogens is 342 g/mol. The second kappa shape index (κ2) is 9.31. The lowest BCUT2D eigenvalue weighted by atomic mass is 9.96. The van der Waals surface area contributed by atoms with Gasteiger partial charge in [0.25, 0.3) is 0 Å². The van der Waals surface area contributed by atoms with E-state index in [1.165, 1.54) is 49.1 Å². The van der Waals surface area contributed by atoms with E-state index in [4.69, 9.17) is 4.98 Å². The van der Waals surface area contributed by atoms with E-state index in [2.05, 4.69) is 83.6 Å². The standard InChI is InChI=1S/C25H31N3/c1-27-16-13-22(14-17-27)19-28(18-15-21-7-3-2-4-8-21)20-24-12-11-23-9-5-6-10-25(23)26-24/h2-12,22H,13-20H2,1H3. The van der Waals surface area contributed by atoms with Gasteiger partial charge in [0, 0.05) is 25.0 Å². The zero-order valence-corrected chi connectivity index (χ0v) is 16.9. The van der Waals surface area contributed by atoms with Crippen molar-refractivity contribution in [1.82, 2.24) is 14.8 Å². The molecule has 0 aliphatic carbocycles. The van der Waals surface area contributed by atoms with E-state index in [1.54, 1.807) is 0 Å². The lowest BCUT2D eigenvalue weighted by Gasteiger charge is -2.33. The molecule has 2 heterocycles. The smallest absolute Gasteiger partial charge is 0.0705 e. The Kier molecular flexibility index (Phi) is 6.35. The molecule has 3 aromatic rings. The van der Waals surface area contributed by atoms with Gasteiger partial charge in [-0.2, -0.15) is 0 Å². The Morgan fingerprint density at radius 2 is 1.68 bits per heavy atom. The van der Waals surface area contributed by atoms with Crippen LogP contribution in [0.5, 0.6) is 0 Å². The third kappa shape index (κ3) is 5.18. The fourth-order valence-corrected chi connectivity index (χ4v) is 4.20. The molecule has 3 heteroatoms. The number of benzene rings is 2. The average Bonchev–Trinajstić information content (AvgIpc) is 2.74. The number of pyridine rings is 1. The molecule has 1 aliphatic heterocycles. The van der Waals surface area contributed by atoms with Gasteiger partial charge in [-0.15, -0.1) is 0 Å². The Hall–Kier alpha value is -2.23. The van der Waals surface area contributed by atoms with Crippen molar-refractivity contribution in [2.24, 2.45) is 5.92 Å². The molecule has 2 aromatic carbocycles. The predicted octanol–water partition coefficient (Wildman–Crippen LogP) is 4.62. The number of fused-ring (bicyclic) bond motifs is 1. The SMILES string of the molecule is CN1CCC(CN(CCc2ccccc2)Cc2ccc3ccccc3n2)CC1. The highest BCUT2D eigenvalue weighted by Gasteiger charge is 2.20. The molecule has 0 radical (unpaired) electrons. The number of rotatable bonds is 7. The number of likely N-dealkylation sites (tertiary alicyclic amines) is 1. The summed E-state index contributed by atoms with van der Waals surface area (Å²) in [7, 11) is 2.24. The molecule has 0 unspecified atom stereocenters. The molecule has 146 valence electrons. The maximum Gasteiger partial charge on any atom is 0.0705 e. The minimum Gasteiger partial charge on any atom is -0.306 e. The van der Waals surface area contributed by atoms with E-state index < -0.39 is 0 Å². The molecular formula is C25H31N3. The summed E-state index contributed by atoms with van der Waals surface area (Å²) < 4.78 is 0. The van der Waals surface area contributed by atoms with Gasteiger partial charge < -0.3 is 4.90 Å². The second-order valence-electron chi connectivity index (χ2n) is 8.21. The molecule has 0 N–H and O–H groups in total. The Bertz CT molecular complexity index is 869. The van der Waals surface area contributed by atoms with Crippen LogP contribution in [0, 0.1) is 5.92 Å². The third-order valence-electron chi connectivity index (χ3n) is 5.96. The van der Waals surface area contributed by atoms with Crippen LogP contribution in [-0.4, -0.2) is 48.0 Å². The van der Waals surface area contributed by atoms with Crippen molar-refractivity contribution < 1.29 is 0 Å². The van der Waals surface area contributed by atoms with Crippen molar-refractivity contribution in [2.75, 3.05) is 33.2 Å². The van der Waals surface area contributed by atoms with Crippen molar-refractivity contribution in [2.45, 2.75) is 25.8 Å². The van der Waals surface area contributed by atoms with Crippen molar-refractivity contribution in [3.63, 3.8) is 0 Å². The van der Waals surface area contributed by atoms with Crippen molar-refractivity contribution in [3.05, 3.63) is 78.0 Å². The number of hydrogen-bond acceptors (Lipinski definition) is 3. The summed E-state index contributed by atoms with van der Waals surface area (Å²) in [5, 5.41) is 1.22. The molecule has 1 fully saturated rings. The van der Waals surface area contributed by atoms with E-state index in [9.17, 15) is 0 Å². The molecule has 0 spiro atoms. The third-order valence-corrected chi connectivity index (χ3v) is 5.96. The quantitative estimate of drug-likeness (QED) is 0.602. The molecule has 1 aromatic heterocycles. The fourth-order valence-electron chi connectivity index (χ4n) is 4.20. The van der Waals surface area contributed by atoms with E-state index in [1.807, 2.05) is 0 Å². The Morgan fingerprint density at radius 3 is 2.50 bits per heavy atom. The van der Waals surface area contributed by atoms with E-state index in [0.717, 1.165) is 30.9 Å². The van der Waals surface area contributed by atoms with Gasteiger partial charge in [-0.3, -0.25) is 9.88 Å². The lowest BCUT2D eigenvalue weighted by molar-refractivity contribution is 0.156. The van der Waals surface area contributed by atoms with E-state index >= 15 is 0 Å².